The molecule has 0 spiro atoms. The third-order valence-corrected chi connectivity index (χ3v) is 3.14. The van der Waals surface area contributed by atoms with Gasteiger partial charge in [-0.05, 0) is 31.5 Å². The summed E-state index contributed by atoms with van der Waals surface area (Å²) < 4.78 is 27.5. The van der Waals surface area contributed by atoms with Crippen LogP contribution in [0.1, 0.15) is 19.4 Å². The lowest BCUT2D eigenvalue weighted by atomic mass is 10.0. The molecule has 1 aromatic heterocycles. The van der Waals surface area contributed by atoms with E-state index in [2.05, 4.69) is 10.3 Å². The minimum absolute atomic E-state index is 0.133. The Kier molecular flexibility index (Phi) is 3.83. The van der Waals surface area contributed by atoms with Crippen LogP contribution < -0.4 is 5.32 Å². The molecule has 1 heterocycles. The normalized spacial score (nSPS) is 11.4. The number of nitrogens with one attached hydrogen (secondary N) is 1. The van der Waals surface area contributed by atoms with Crippen LogP contribution in [0.2, 0.25) is 0 Å². The summed E-state index contributed by atoms with van der Waals surface area (Å²) in [5.74, 6) is -2.07. The zero-order valence-corrected chi connectivity index (χ0v) is 11.2. The number of carbonyl (C=O) groups excluding carboxylic acids is 1. The Labute approximate surface area is 115 Å². The highest BCUT2D eigenvalue weighted by Gasteiger charge is 2.28. The SMILES string of the molecule is CC(C)(C(=O)NCc1ccc(F)c(F)c1)n1ccnc1. The molecular formula is C14H15F2N3O. The van der Waals surface area contributed by atoms with Gasteiger partial charge >= 0.3 is 0 Å². The number of rotatable bonds is 4. The first-order valence-corrected chi connectivity index (χ1v) is 6.12. The van der Waals surface area contributed by atoms with Gasteiger partial charge in [0.25, 0.3) is 0 Å². The molecule has 20 heavy (non-hydrogen) atoms. The number of halogens is 2. The first-order chi connectivity index (χ1) is 9.41. The van der Waals surface area contributed by atoms with E-state index in [-0.39, 0.29) is 12.5 Å². The van der Waals surface area contributed by atoms with Crippen molar-refractivity contribution in [1.29, 1.82) is 0 Å². The number of nitrogens with zero attached hydrogens (tertiary/aromatic N) is 2. The van der Waals surface area contributed by atoms with E-state index in [4.69, 9.17) is 0 Å². The molecule has 0 saturated carbocycles. The number of hydrogen-bond acceptors (Lipinski definition) is 2. The van der Waals surface area contributed by atoms with E-state index in [0.29, 0.717) is 5.56 Å². The van der Waals surface area contributed by atoms with Crippen LogP contribution in [0.4, 0.5) is 8.78 Å². The first-order valence-electron chi connectivity index (χ1n) is 6.12. The van der Waals surface area contributed by atoms with Gasteiger partial charge in [0.15, 0.2) is 11.6 Å². The van der Waals surface area contributed by atoms with Crippen LogP contribution in [0.25, 0.3) is 0 Å². The van der Waals surface area contributed by atoms with Crippen LogP contribution in [0.3, 0.4) is 0 Å². The Morgan fingerprint density at radius 1 is 1.35 bits per heavy atom. The van der Waals surface area contributed by atoms with Gasteiger partial charge in [-0.3, -0.25) is 4.79 Å². The number of aromatic nitrogens is 2. The lowest BCUT2D eigenvalue weighted by molar-refractivity contribution is -0.128. The smallest absolute Gasteiger partial charge is 0.245 e. The van der Waals surface area contributed by atoms with Gasteiger partial charge < -0.3 is 9.88 Å². The van der Waals surface area contributed by atoms with E-state index < -0.39 is 17.2 Å². The van der Waals surface area contributed by atoms with Gasteiger partial charge in [0.1, 0.15) is 5.54 Å². The summed E-state index contributed by atoms with van der Waals surface area (Å²) in [7, 11) is 0. The summed E-state index contributed by atoms with van der Waals surface area (Å²) in [6.45, 7) is 3.62. The molecule has 0 unspecified atom stereocenters. The molecule has 1 amide bonds. The average molecular weight is 279 g/mol. The van der Waals surface area contributed by atoms with Crippen LogP contribution in [-0.2, 0) is 16.9 Å². The van der Waals surface area contributed by atoms with Gasteiger partial charge in [-0.25, -0.2) is 13.8 Å². The van der Waals surface area contributed by atoms with Gasteiger partial charge in [-0.1, -0.05) is 6.07 Å². The quantitative estimate of drug-likeness (QED) is 0.932. The Bertz CT molecular complexity index is 609. The number of benzene rings is 1. The summed E-state index contributed by atoms with van der Waals surface area (Å²) in [5.41, 5.74) is -0.312. The molecular weight excluding hydrogens is 264 g/mol. The maximum atomic E-state index is 13.1. The number of hydrogen-bond donors (Lipinski definition) is 1. The van der Waals surface area contributed by atoms with E-state index in [1.165, 1.54) is 6.07 Å². The zero-order valence-electron chi connectivity index (χ0n) is 11.2. The van der Waals surface area contributed by atoms with Gasteiger partial charge in [0.2, 0.25) is 5.91 Å². The molecule has 1 N–H and O–H groups in total. The Hall–Kier alpha value is -2.24. The van der Waals surface area contributed by atoms with Gasteiger partial charge in [0.05, 0.1) is 6.33 Å². The minimum atomic E-state index is -0.925. The van der Waals surface area contributed by atoms with Crippen molar-refractivity contribution in [3.63, 3.8) is 0 Å². The molecule has 0 aliphatic heterocycles. The Morgan fingerprint density at radius 2 is 2.10 bits per heavy atom. The molecule has 0 saturated heterocycles. The molecule has 0 bridgehead atoms. The lowest BCUT2D eigenvalue weighted by Crippen LogP contribution is -2.43. The lowest BCUT2D eigenvalue weighted by Gasteiger charge is -2.25. The number of imidazole rings is 1. The molecule has 4 nitrogen and oxygen atoms in total. The molecule has 106 valence electrons. The Balaban J connectivity index is 2.03. The van der Waals surface area contributed by atoms with E-state index in [1.807, 2.05) is 0 Å². The maximum absolute atomic E-state index is 13.1. The fraction of sp³-hybridized carbons (Fsp3) is 0.286. The van der Waals surface area contributed by atoms with Crippen LogP contribution in [0.15, 0.2) is 36.9 Å². The van der Waals surface area contributed by atoms with Crippen molar-refractivity contribution in [2.45, 2.75) is 25.9 Å². The molecule has 2 aromatic rings. The van der Waals surface area contributed by atoms with Gasteiger partial charge in [-0.2, -0.15) is 0 Å². The monoisotopic (exact) mass is 279 g/mol. The van der Waals surface area contributed by atoms with Crippen molar-refractivity contribution in [3.8, 4) is 0 Å². The van der Waals surface area contributed by atoms with Crippen LogP contribution in [-0.4, -0.2) is 15.5 Å². The van der Waals surface area contributed by atoms with Crippen molar-refractivity contribution < 1.29 is 13.6 Å². The van der Waals surface area contributed by atoms with Crippen LogP contribution >= 0.6 is 0 Å². The second-order valence-corrected chi connectivity index (χ2v) is 4.96. The molecule has 6 heteroatoms. The average Bonchev–Trinajstić information content (AvgIpc) is 2.94. The van der Waals surface area contributed by atoms with Gasteiger partial charge in [0, 0.05) is 18.9 Å². The predicted octanol–water partition coefficient (Wildman–Crippen LogP) is 2.21. The molecule has 0 radical (unpaired) electrons. The second kappa shape index (κ2) is 5.40. The van der Waals surface area contributed by atoms with E-state index in [1.54, 1.807) is 37.1 Å². The first kappa shape index (κ1) is 14.2. The molecule has 0 fully saturated rings. The zero-order chi connectivity index (χ0) is 14.8. The number of carbonyl (C=O) groups is 1. The van der Waals surface area contributed by atoms with Crippen molar-refractivity contribution in [2.24, 2.45) is 0 Å². The third-order valence-electron chi connectivity index (χ3n) is 3.14. The van der Waals surface area contributed by atoms with E-state index in [0.717, 1.165) is 12.1 Å². The summed E-state index contributed by atoms with van der Waals surface area (Å²) in [6, 6.07) is 3.54. The maximum Gasteiger partial charge on any atom is 0.245 e. The summed E-state index contributed by atoms with van der Waals surface area (Å²) in [6.07, 6.45) is 4.83. The second-order valence-electron chi connectivity index (χ2n) is 4.96. The van der Waals surface area contributed by atoms with Crippen molar-refractivity contribution in [2.75, 3.05) is 0 Å². The molecule has 0 atom stereocenters. The van der Waals surface area contributed by atoms with Crippen LogP contribution in [0.5, 0.6) is 0 Å². The fourth-order valence-corrected chi connectivity index (χ4v) is 1.76. The highest BCUT2D eigenvalue weighted by molar-refractivity contribution is 5.83. The third kappa shape index (κ3) is 2.84. The Morgan fingerprint density at radius 3 is 2.70 bits per heavy atom. The summed E-state index contributed by atoms with van der Waals surface area (Å²) in [5, 5.41) is 2.70. The largest absolute Gasteiger partial charge is 0.350 e. The fourth-order valence-electron chi connectivity index (χ4n) is 1.76. The summed E-state index contributed by atoms with van der Waals surface area (Å²) >= 11 is 0. The van der Waals surface area contributed by atoms with Crippen molar-refractivity contribution in [3.05, 3.63) is 54.1 Å². The van der Waals surface area contributed by atoms with Crippen molar-refractivity contribution >= 4 is 5.91 Å². The molecule has 1 aromatic carbocycles. The topological polar surface area (TPSA) is 46.9 Å². The number of amides is 1. The summed E-state index contributed by atoms with van der Waals surface area (Å²) in [4.78, 5) is 16.1. The predicted molar refractivity (Wildman–Crippen MR) is 69.8 cm³/mol. The highest BCUT2D eigenvalue weighted by Crippen LogP contribution is 2.15. The standard InChI is InChI=1S/C14H15F2N3O/c1-14(2,19-6-5-17-9-19)13(20)18-8-10-3-4-11(15)12(16)7-10/h3-7,9H,8H2,1-2H3,(H,18,20). The van der Waals surface area contributed by atoms with E-state index >= 15 is 0 Å². The van der Waals surface area contributed by atoms with E-state index in [9.17, 15) is 13.6 Å². The highest BCUT2D eigenvalue weighted by atomic mass is 19.2. The molecule has 0 aliphatic carbocycles. The van der Waals surface area contributed by atoms with Gasteiger partial charge in [-0.15, -0.1) is 0 Å². The van der Waals surface area contributed by atoms with Crippen molar-refractivity contribution in [1.82, 2.24) is 14.9 Å². The molecule has 2 rings (SSSR count). The minimum Gasteiger partial charge on any atom is -0.350 e. The molecule has 0 aliphatic rings. The van der Waals surface area contributed by atoms with Crippen LogP contribution in [0, 0.1) is 11.6 Å².